The Morgan fingerprint density at radius 1 is 1.24 bits per heavy atom. The topological polar surface area (TPSA) is 72.2 Å². The first-order valence-electron chi connectivity index (χ1n) is 5.99. The molecule has 2 aromatic carbocycles. The number of thiocarbonyl (C=S) groups is 1. The van der Waals surface area contributed by atoms with E-state index in [2.05, 4.69) is 20.7 Å². The predicted molar refractivity (Wildman–Crippen MR) is 92.0 cm³/mol. The van der Waals surface area contributed by atoms with E-state index < -0.39 is 10.0 Å². The summed E-state index contributed by atoms with van der Waals surface area (Å²) in [5, 5.41) is 0. The van der Waals surface area contributed by atoms with E-state index >= 15 is 0 Å². The molecule has 0 radical (unpaired) electrons. The molecule has 0 saturated carbocycles. The van der Waals surface area contributed by atoms with Gasteiger partial charge in [0.2, 0.25) is 0 Å². The lowest BCUT2D eigenvalue weighted by Gasteiger charge is -2.13. The molecule has 0 atom stereocenters. The molecule has 0 aromatic heterocycles. The zero-order valence-electron chi connectivity index (χ0n) is 11.1. The molecule has 0 spiro atoms. The van der Waals surface area contributed by atoms with Crippen molar-refractivity contribution in [2.75, 3.05) is 4.72 Å². The second-order valence-electron chi connectivity index (χ2n) is 4.43. The summed E-state index contributed by atoms with van der Waals surface area (Å²) in [6.07, 6.45) is 0. The normalized spacial score (nSPS) is 11.1. The number of nitrogens with two attached hydrogens (primary N) is 1. The van der Waals surface area contributed by atoms with Crippen LogP contribution in [-0.2, 0) is 10.0 Å². The number of benzene rings is 2. The minimum absolute atomic E-state index is 0.171. The fraction of sp³-hybridized carbons (Fsp3) is 0.0714. The molecule has 7 heteroatoms. The number of hydrogen-bond acceptors (Lipinski definition) is 3. The summed E-state index contributed by atoms with van der Waals surface area (Å²) in [4.78, 5) is 0.390. The Morgan fingerprint density at radius 3 is 2.52 bits per heavy atom. The maximum atomic E-state index is 12.5. The second-order valence-corrected chi connectivity index (χ2v) is 7.37. The molecule has 2 rings (SSSR count). The summed E-state index contributed by atoms with van der Waals surface area (Å²) in [5.41, 5.74) is 7.43. The van der Waals surface area contributed by atoms with Crippen LogP contribution >= 0.6 is 28.1 Å². The van der Waals surface area contributed by atoms with Crippen molar-refractivity contribution in [1.82, 2.24) is 0 Å². The van der Waals surface area contributed by atoms with Gasteiger partial charge in [-0.05, 0) is 46.6 Å². The van der Waals surface area contributed by atoms with Crippen LogP contribution in [0, 0.1) is 6.92 Å². The molecule has 2 aromatic rings. The maximum Gasteiger partial charge on any atom is 0.263 e. The van der Waals surface area contributed by atoms with E-state index in [1.165, 1.54) is 6.07 Å². The minimum atomic E-state index is -3.69. The van der Waals surface area contributed by atoms with Crippen LogP contribution in [-0.4, -0.2) is 13.4 Å². The van der Waals surface area contributed by atoms with Crippen LogP contribution in [0.4, 0.5) is 5.69 Å². The molecule has 110 valence electrons. The number of rotatable bonds is 4. The Bertz CT molecular complexity index is 804. The number of halogens is 1. The van der Waals surface area contributed by atoms with Gasteiger partial charge in [-0.2, -0.15) is 0 Å². The Labute approximate surface area is 137 Å². The van der Waals surface area contributed by atoms with Gasteiger partial charge in [0.05, 0.1) is 5.69 Å². The molecule has 0 heterocycles. The third kappa shape index (κ3) is 3.61. The monoisotopic (exact) mass is 384 g/mol. The average Bonchev–Trinajstić information content (AvgIpc) is 2.41. The van der Waals surface area contributed by atoms with Gasteiger partial charge in [0.1, 0.15) is 9.88 Å². The van der Waals surface area contributed by atoms with Crippen molar-refractivity contribution in [2.24, 2.45) is 5.73 Å². The molecule has 0 aliphatic rings. The Kier molecular flexibility index (Phi) is 4.65. The zero-order chi connectivity index (χ0) is 15.6. The molecule has 21 heavy (non-hydrogen) atoms. The predicted octanol–water partition coefficient (Wildman–Crippen LogP) is 3.19. The molecular formula is C14H13BrN2O2S2. The second kappa shape index (κ2) is 6.13. The first-order valence-corrected chi connectivity index (χ1v) is 8.67. The number of sulfonamides is 1. The van der Waals surface area contributed by atoms with Gasteiger partial charge in [-0.15, -0.1) is 0 Å². The van der Waals surface area contributed by atoms with E-state index in [9.17, 15) is 8.42 Å². The van der Waals surface area contributed by atoms with Gasteiger partial charge < -0.3 is 5.73 Å². The standard InChI is InChI=1S/C14H13BrN2O2S2/c1-9-6-7-10(14(16)20)8-12(9)17-21(18,19)13-5-3-2-4-11(13)15/h2-8,17H,1H3,(H2,16,20). The van der Waals surface area contributed by atoms with Gasteiger partial charge in [-0.3, -0.25) is 4.72 Å². The molecule has 0 aliphatic heterocycles. The third-order valence-electron chi connectivity index (χ3n) is 2.89. The van der Waals surface area contributed by atoms with Crippen LogP contribution in [0.15, 0.2) is 51.8 Å². The summed E-state index contributed by atoms with van der Waals surface area (Å²) in [5.74, 6) is 0. The molecule has 0 fully saturated rings. The highest BCUT2D eigenvalue weighted by molar-refractivity contribution is 9.10. The smallest absolute Gasteiger partial charge is 0.263 e. The first kappa shape index (κ1) is 15.9. The summed E-state index contributed by atoms with van der Waals surface area (Å²) in [6.45, 7) is 1.81. The lowest BCUT2D eigenvalue weighted by Crippen LogP contribution is -2.16. The molecule has 4 nitrogen and oxygen atoms in total. The maximum absolute atomic E-state index is 12.5. The highest BCUT2D eigenvalue weighted by atomic mass is 79.9. The zero-order valence-corrected chi connectivity index (χ0v) is 14.3. The summed E-state index contributed by atoms with van der Waals surface area (Å²) >= 11 is 8.16. The molecule has 0 saturated heterocycles. The van der Waals surface area contributed by atoms with Gasteiger partial charge in [0.25, 0.3) is 10.0 Å². The Balaban J connectivity index is 2.44. The van der Waals surface area contributed by atoms with Crippen molar-refractivity contribution < 1.29 is 8.42 Å². The number of nitrogens with one attached hydrogen (secondary N) is 1. The highest BCUT2D eigenvalue weighted by Crippen LogP contribution is 2.25. The van der Waals surface area contributed by atoms with Crippen LogP contribution in [0.2, 0.25) is 0 Å². The number of anilines is 1. The van der Waals surface area contributed by atoms with Crippen molar-refractivity contribution in [3.63, 3.8) is 0 Å². The third-order valence-corrected chi connectivity index (χ3v) is 5.51. The molecular weight excluding hydrogens is 372 g/mol. The van der Waals surface area contributed by atoms with Gasteiger partial charge in [-0.25, -0.2) is 8.42 Å². The van der Waals surface area contributed by atoms with E-state index in [1.807, 2.05) is 0 Å². The highest BCUT2D eigenvalue weighted by Gasteiger charge is 2.18. The Hall–Kier alpha value is -1.44. The fourth-order valence-corrected chi connectivity index (χ4v) is 4.00. The first-order chi connectivity index (χ1) is 9.81. The van der Waals surface area contributed by atoms with E-state index in [4.69, 9.17) is 18.0 Å². The average molecular weight is 385 g/mol. The van der Waals surface area contributed by atoms with E-state index in [1.54, 1.807) is 43.3 Å². The van der Waals surface area contributed by atoms with Crippen LogP contribution in [0.1, 0.15) is 11.1 Å². The van der Waals surface area contributed by atoms with Crippen molar-refractivity contribution >= 4 is 48.8 Å². The molecule has 0 aliphatic carbocycles. The van der Waals surface area contributed by atoms with Crippen LogP contribution in [0.5, 0.6) is 0 Å². The van der Waals surface area contributed by atoms with E-state index in [0.717, 1.165) is 5.56 Å². The number of hydrogen-bond donors (Lipinski definition) is 2. The van der Waals surface area contributed by atoms with Crippen LogP contribution < -0.4 is 10.5 Å². The quantitative estimate of drug-likeness (QED) is 0.793. The summed E-state index contributed by atoms with van der Waals surface area (Å²) in [7, 11) is -3.69. The molecule has 0 bridgehead atoms. The Morgan fingerprint density at radius 2 is 1.90 bits per heavy atom. The van der Waals surface area contributed by atoms with Crippen molar-refractivity contribution in [3.8, 4) is 0 Å². The van der Waals surface area contributed by atoms with Crippen molar-refractivity contribution in [2.45, 2.75) is 11.8 Å². The number of aryl methyl sites for hydroxylation is 1. The molecule has 3 N–H and O–H groups in total. The lowest BCUT2D eigenvalue weighted by molar-refractivity contribution is 0.600. The van der Waals surface area contributed by atoms with Crippen LogP contribution in [0.25, 0.3) is 0 Å². The van der Waals surface area contributed by atoms with E-state index in [-0.39, 0.29) is 9.88 Å². The SMILES string of the molecule is Cc1ccc(C(N)=S)cc1NS(=O)(=O)c1ccccc1Br. The fourth-order valence-electron chi connectivity index (χ4n) is 1.75. The van der Waals surface area contributed by atoms with E-state index in [0.29, 0.717) is 15.7 Å². The molecule has 0 amide bonds. The van der Waals surface area contributed by atoms with Gasteiger partial charge in [-0.1, -0.05) is 36.5 Å². The summed E-state index contributed by atoms with van der Waals surface area (Å²) < 4.78 is 28.0. The van der Waals surface area contributed by atoms with Crippen molar-refractivity contribution in [3.05, 3.63) is 58.1 Å². The van der Waals surface area contributed by atoms with Gasteiger partial charge in [0, 0.05) is 10.0 Å². The van der Waals surface area contributed by atoms with Crippen molar-refractivity contribution in [1.29, 1.82) is 0 Å². The van der Waals surface area contributed by atoms with Gasteiger partial charge in [0.15, 0.2) is 0 Å². The molecule has 0 unspecified atom stereocenters. The largest absolute Gasteiger partial charge is 0.389 e. The summed E-state index contributed by atoms with van der Waals surface area (Å²) in [6, 6.07) is 11.8. The lowest BCUT2D eigenvalue weighted by atomic mass is 10.1. The minimum Gasteiger partial charge on any atom is -0.389 e. The van der Waals surface area contributed by atoms with Gasteiger partial charge >= 0.3 is 0 Å². The van der Waals surface area contributed by atoms with Crippen LogP contribution in [0.3, 0.4) is 0 Å².